The molecule has 1 aromatic carbocycles. The maximum atomic E-state index is 12.5. The van der Waals surface area contributed by atoms with Gasteiger partial charge in [-0.15, -0.1) is 12.4 Å². The topological polar surface area (TPSA) is 103 Å². The van der Waals surface area contributed by atoms with Crippen LogP contribution in [0.15, 0.2) is 12.1 Å². The molecule has 27 heavy (non-hydrogen) atoms. The largest absolute Gasteiger partial charge is 0.493 e. The third-order valence-electron chi connectivity index (χ3n) is 4.18. The molecule has 0 aliphatic carbocycles. The number of methoxy groups -OCH3 is 3. The number of benzene rings is 1. The SMILES string of the molecule is COc1cc(N2CC(C(=O)NCC(C)(C)N)CC2=O)cc(OC)c1OC.Cl. The average Bonchev–Trinajstić information content (AvgIpc) is 2.99. The van der Waals surface area contributed by atoms with Crippen molar-refractivity contribution in [2.45, 2.75) is 25.8 Å². The van der Waals surface area contributed by atoms with Gasteiger partial charge in [0.25, 0.3) is 0 Å². The molecule has 1 aromatic rings. The predicted octanol–water partition coefficient (Wildman–Crippen LogP) is 1.34. The zero-order valence-corrected chi connectivity index (χ0v) is 17.1. The Morgan fingerprint density at radius 3 is 2.22 bits per heavy atom. The van der Waals surface area contributed by atoms with Crippen molar-refractivity contribution in [3.63, 3.8) is 0 Å². The molecule has 0 saturated carbocycles. The van der Waals surface area contributed by atoms with Crippen LogP contribution in [-0.2, 0) is 9.59 Å². The lowest BCUT2D eigenvalue weighted by atomic mass is 10.1. The summed E-state index contributed by atoms with van der Waals surface area (Å²) in [5, 5.41) is 2.81. The Morgan fingerprint density at radius 2 is 1.78 bits per heavy atom. The molecular formula is C18H28ClN3O5. The van der Waals surface area contributed by atoms with E-state index in [1.807, 2.05) is 13.8 Å². The second kappa shape index (κ2) is 9.14. The first-order chi connectivity index (χ1) is 12.2. The molecule has 0 spiro atoms. The first-order valence-corrected chi connectivity index (χ1v) is 8.37. The van der Waals surface area contributed by atoms with Gasteiger partial charge in [-0.05, 0) is 13.8 Å². The normalized spacial score (nSPS) is 16.6. The molecule has 0 bridgehead atoms. The molecule has 1 unspecified atom stereocenters. The van der Waals surface area contributed by atoms with Crippen molar-refractivity contribution in [2.75, 3.05) is 39.3 Å². The average molecular weight is 402 g/mol. The number of hydrogen-bond acceptors (Lipinski definition) is 6. The summed E-state index contributed by atoms with van der Waals surface area (Å²) in [6, 6.07) is 3.39. The Bertz CT molecular complexity index is 665. The molecule has 0 aromatic heterocycles. The van der Waals surface area contributed by atoms with E-state index in [1.54, 1.807) is 17.0 Å². The molecular weight excluding hydrogens is 374 g/mol. The van der Waals surface area contributed by atoms with Gasteiger partial charge in [0, 0.05) is 37.2 Å². The summed E-state index contributed by atoms with van der Waals surface area (Å²) in [5.41, 5.74) is 5.98. The molecule has 1 heterocycles. The number of carbonyl (C=O) groups is 2. The van der Waals surface area contributed by atoms with Crippen molar-refractivity contribution in [3.05, 3.63) is 12.1 Å². The minimum absolute atomic E-state index is 0. The monoisotopic (exact) mass is 401 g/mol. The fourth-order valence-electron chi connectivity index (χ4n) is 2.82. The lowest BCUT2D eigenvalue weighted by molar-refractivity contribution is -0.126. The molecule has 1 aliphatic heterocycles. The Balaban J connectivity index is 0.00000364. The summed E-state index contributed by atoms with van der Waals surface area (Å²) in [6.07, 6.45) is 0.146. The van der Waals surface area contributed by atoms with E-state index in [1.165, 1.54) is 21.3 Å². The molecule has 8 nitrogen and oxygen atoms in total. The van der Waals surface area contributed by atoms with Gasteiger partial charge in [0.05, 0.1) is 32.9 Å². The van der Waals surface area contributed by atoms with E-state index in [0.29, 0.717) is 29.5 Å². The van der Waals surface area contributed by atoms with E-state index < -0.39 is 11.5 Å². The van der Waals surface area contributed by atoms with Crippen molar-refractivity contribution in [3.8, 4) is 17.2 Å². The molecule has 1 atom stereocenters. The highest BCUT2D eigenvalue weighted by Crippen LogP contribution is 2.42. The fourth-order valence-corrected chi connectivity index (χ4v) is 2.82. The van der Waals surface area contributed by atoms with E-state index in [2.05, 4.69) is 5.32 Å². The van der Waals surface area contributed by atoms with Crippen LogP contribution in [0.5, 0.6) is 17.2 Å². The Hall–Kier alpha value is -2.19. The van der Waals surface area contributed by atoms with Crippen LogP contribution in [0.3, 0.4) is 0 Å². The van der Waals surface area contributed by atoms with Crippen molar-refractivity contribution in [2.24, 2.45) is 11.7 Å². The van der Waals surface area contributed by atoms with Crippen LogP contribution >= 0.6 is 12.4 Å². The Labute approximate surface area is 165 Å². The van der Waals surface area contributed by atoms with Gasteiger partial charge in [0.2, 0.25) is 17.6 Å². The maximum absolute atomic E-state index is 12.5. The molecule has 9 heteroatoms. The second-order valence-corrected chi connectivity index (χ2v) is 7.00. The van der Waals surface area contributed by atoms with E-state index in [9.17, 15) is 9.59 Å². The summed E-state index contributed by atoms with van der Waals surface area (Å²) < 4.78 is 16.0. The second-order valence-electron chi connectivity index (χ2n) is 7.00. The van der Waals surface area contributed by atoms with Crippen LogP contribution in [0, 0.1) is 5.92 Å². The molecule has 2 rings (SSSR count). The number of nitrogens with zero attached hydrogens (tertiary/aromatic N) is 1. The van der Waals surface area contributed by atoms with Gasteiger partial charge in [-0.3, -0.25) is 9.59 Å². The molecule has 3 N–H and O–H groups in total. The van der Waals surface area contributed by atoms with Crippen LogP contribution in [0.4, 0.5) is 5.69 Å². The highest BCUT2D eigenvalue weighted by molar-refractivity contribution is 6.00. The van der Waals surface area contributed by atoms with Gasteiger partial charge < -0.3 is 30.2 Å². The van der Waals surface area contributed by atoms with E-state index in [0.717, 1.165) is 0 Å². The zero-order valence-electron chi connectivity index (χ0n) is 16.3. The number of carbonyl (C=O) groups excluding carboxylic acids is 2. The third kappa shape index (κ3) is 5.40. The zero-order chi connectivity index (χ0) is 19.5. The first-order valence-electron chi connectivity index (χ1n) is 8.37. The quantitative estimate of drug-likeness (QED) is 0.714. The Morgan fingerprint density at radius 1 is 1.22 bits per heavy atom. The highest BCUT2D eigenvalue weighted by Gasteiger charge is 2.36. The smallest absolute Gasteiger partial charge is 0.227 e. The summed E-state index contributed by atoms with van der Waals surface area (Å²) in [7, 11) is 4.54. The number of anilines is 1. The van der Waals surface area contributed by atoms with E-state index in [-0.39, 0.29) is 37.2 Å². The summed E-state index contributed by atoms with van der Waals surface area (Å²) in [6.45, 7) is 4.29. The van der Waals surface area contributed by atoms with Crippen LogP contribution in [-0.4, -0.2) is 51.8 Å². The van der Waals surface area contributed by atoms with Crippen molar-refractivity contribution >= 4 is 29.9 Å². The van der Waals surface area contributed by atoms with Crippen molar-refractivity contribution < 1.29 is 23.8 Å². The number of halogens is 1. The lowest BCUT2D eigenvalue weighted by Crippen LogP contribution is -2.46. The van der Waals surface area contributed by atoms with Crippen LogP contribution < -0.4 is 30.2 Å². The van der Waals surface area contributed by atoms with Crippen molar-refractivity contribution in [1.29, 1.82) is 0 Å². The summed E-state index contributed by atoms with van der Waals surface area (Å²) in [4.78, 5) is 26.4. The number of rotatable bonds is 7. The standard InChI is InChI=1S/C18H27N3O5.ClH/c1-18(2,19)10-20-17(23)11-6-15(22)21(9-11)12-7-13(24-3)16(26-5)14(8-12)25-4;/h7-8,11H,6,9-10,19H2,1-5H3,(H,20,23);1H. The van der Waals surface area contributed by atoms with E-state index >= 15 is 0 Å². The molecule has 0 radical (unpaired) electrons. The van der Waals surface area contributed by atoms with Gasteiger partial charge in [0.15, 0.2) is 11.5 Å². The highest BCUT2D eigenvalue weighted by atomic mass is 35.5. The maximum Gasteiger partial charge on any atom is 0.227 e. The van der Waals surface area contributed by atoms with Gasteiger partial charge in [0.1, 0.15) is 0 Å². The minimum atomic E-state index is -0.505. The van der Waals surface area contributed by atoms with Gasteiger partial charge in [-0.2, -0.15) is 0 Å². The van der Waals surface area contributed by atoms with E-state index in [4.69, 9.17) is 19.9 Å². The van der Waals surface area contributed by atoms with Gasteiger partial charge in [-0.25, -0.2) is 0 Å². The van der Waals surface area contributed by atoms with Crippen LogP contribution in [0.2, 0.25) is 0 Å². The van der Waals surface area contributed by atoms with Gasteiger partial charge in [-0.1, -0.05) is 0 Å². The lowest BCUT2D eigenvalue weighted by Gasteiger charge is -2.22. The minimum Gasteiger partial charge on any atom is -0.493 e. The molecule has 1 saturated heterocycles. The molecule has 1 fully saturated rings. The molecule has 2 amide bonds. The summed E-state index contributed by atoms with van der Waals surface area (Å²) in [5.74, 6) is 0.618. The fraction of sp³-hybridized carbons (Fsp3) is 0.556. The third-order valence-corrected chi connectivity index (χ3v) is 4.18. The molecule has 152 valence electrons. The Kier molecular flexibility index (Phi) is 7.74. The number of nitrogens with one attached hydrogen (secondary N) is 1. The van der Waals surface area contributed by atoms with Crippen LogP contribution in [0.25, 0.3) is 0 Å². The number of nitrogens with two attached hydrogens (primary N) is 1. The first kappa shape index (κ1) is 22.9. The number of hydrogen-bond donors (Lipinski definition) is 2. The van der Waals surface area contributed by atoms with Crippen molar-refractivity contribution in [1.82, 2.24) is 5.32 Å². The predicted molar refractivity (Wildman–Crippen MR) is 105 cm³/mol. The number of ether oxygens (including phenoxy) is 3. The summed E-state index contributed by atoms with van der Waals surface area (Å²) >= 11 is 0. The van der Waals surface area contributed by atoms with Crippen LogP contribution in [0.1, 0.15) is 20.3 Å². The van der Waals surface area contributed by atoms with Gasteiger partial charge >= 0.3 is 0 Å². The number of amides is 2. The molecule has 1 aliphatic rings.